The summed E-state index contributed by atoms with van der Waals surface area (Å²) in [5.74, 6) is -1.17. The Bertz CT molecular complexity index is 1170. The summed E-state index contributed by atoms with van der Waals surface area (Å²) >= 11 is 2.56. The van der Waals surface area contributed by atoms with Crippen LogP contribution in [0.2, 0.25) is 0 Å². The second-order valence-electron chi connectivity index (χ2n) is 7.63. The molecule has 0 bridgehead atoms. The minimum absolute atomic E-state index is 0.0364. The fraction of sp³-hybridized carbons (Fsp3) is 0.250. The molecule has 2 amide bonds. The van der Waals surface area contributed by atoms with Crippen LogP contribution in [0.1, 0.15) is 34.0 Å². The Hall–Kier alpha value is -3.37. The highest BCUT2D eigenvalue weighted by atomic mass is 32.2. The Morgan fingerprint density at radius 3 is 2.38 bits per heavy atom. The van der Waals surface area contributed by atoms with Gasteiger partial charge in [-0.1, -0.05) is 48.5 Å². The van der Waals surface area contributed by atoms with Gasteiger partial charge < -0.3 is 15.2 Å². The molecule has 4 rings (SSSR count). The Morgan fingerprint density at radius 1 is 1.12 bits per heavy atom. The third-order valence-electron chi connectivity index (χ3n) is 5.50. The molecule has 1 aromatic heterocycles. The number of fused-ring (bicyclic) bond motifs is 3. The van der Waals surface area contributed by atoms with Crippen LogP contribution in [0.4, 0.5) is 9.93 Å². The van der Waals surface area contributed by atoms with Gasteiger partial charge in [-0.15, -0.1) is 11.3 Å². The minimum Gasteiger partial charge on any atom is -0.480 e. The maximum absolute atomic E-state index is 12.4. The summed E-state index contributed by atoms with van der Waals surface area (Å²) in [6, 6.07) is 15.1. The van der Waals surface area contributed by atoms with E-state index in [0.717, 1.165) is 33.6 Å². The number of carbonyl (C=O) groups excluding carboxylic acids is 2. The van der Waals surface area contributed by atoms with E-state index in [-0.39, 0.29) is 23.4 Å². The number of benzene rings is 2. The Balaban J connectivity index is 1.35. The van der Waals surface area contributed by atoms with Gasteiger partial charge in [-0.3, -0.25) is 10.1 Å². The van der Waals surface area contributed by atoms with E-state index in [0.29, 0.717) is 12.2 Å². The molecule has 2 aromatic carbocycles. The molecule has 1 aliphatic rings. The Labute approximate surface area is 204 Å². The van der Waals surface area contributed by atoms with Crippen molar-refractivity contribution in [1.29, 1.82) is 0 Å². The standard InChI is InChI=1S/C24H23N3O5S2/c1-33-11-10-19(22(29)30)25-21(28)20-13-34-23(26-20)27-24(31)32-12-18-16-8-4-2-6-14(16)15-7-3-5-9-17(15)18/h2-9,13,18-19H,10-12H2,1H3,(H,25,28)(H,29,30)(H,26,27,31)/t19-/m0/s1. The third-order valence-corrected chi connectivity index (χ3v) is 6.91. The van der Waals surface area contributed by atoms with Crippen molar-refractivity contribution >= 4 is 46.2 Å². The molecule has 176 valence electrons. The summed E-state index contributed by atoms with van der Waals surface area (Å²) in [6.07, 6.45) is 1.49. The van der Waals surface area contributed by atoms with E-state index >= 15 is 0 Å². The average Bonchev–Trinajstić information content (AvgIpc) is 3.43. The van der Waals surface area contributed by atoms with E-state index in [4.69, 9.17) is 4.74 Å². The van der Waals surface area contributed by atoms with Crippen LogP contribution in [-0.2, 0) is 9.53 Å². The maximum atomic E-state index is 12.4. The number of thiazole rings is 1. The first-order valence-corrected chi connectivity index (χ1v) is 12.9. The molecule has 0 radical (unpaired) electrons. The molecule has 1 heterocycles. The van der Waals surface area contributed by atoms with Crippen molar-refractivity contribution in [3.05, 3.63) is 70.7 Å². The van der Waals surface area contributed by atoms with Crippen molar-refractivity contribution in [2.45, 2.75) is 18.4 Å². The zero-order valence-electron chi connectivity index (χ0n) is 18.3. The molecule has 1 aliphatic carbocycles. The largest absolute Gasteiger partial charge is 0.480 e. The number of thioether (sulfide) groups is 1. The number of carboxylic acid groups (broad SMARTS) is 1. The molecular weight excluding hydrogens is 474 g/mol. The molecule has 0 spiro atoms. The second kappa shape index (κ2) is 10.7. The summed E-state index contributed by atoms with van der Waals surface area (Å²) in [7, 11) is 0. The zero-order valence-corrected chi connectivity index (χ0v) is 19.9. The number of amides is 2. The van der Waals surface area contributed by atoms with Gasteiger partial charge in [-0.2, -0.15) is 11.8 Å². The van der Waals surface area contributed by atoms with Crippen molar-refractivity contribution in [2.75, 3.05) is 23.9 Å². The number of hydrogen-bond acceptors (Lipinski definition) is 7. The van der Waals surface area contributed by atoms with Gasteiger partial charge in [0.2, 0.25) is 0 Å². The molecule has 0 unspecified atom stereocenters. The number of ether oxygens (including phenoxy) is 1. The Morgan fingerprint density at radius 2 is 1.76 bits per heavy atom. The van der Waals surface area contributed by atoms with E-state index < -0.39 is 24.0 Å². The van der Waals surface area contributed by atoms with Crippen LogP contribution < -0.4 is 10.6 Å². The molecule has 0 fully saturated rings. The van der Waals surface area contributed by atoms with Crippen LogP contribution in [0.25, 0.3) is 11.1 Å². The van der Waals surface area contributed by atoms with Crippen LogP contribution in [0.5, 0.6) is 0 Å². The van der Waals surface area contributed by atoms with E-state index in [2.05, 4.69) is 27.8 Å². The molecule has 8 nitrogen and oxygen atoms in total. The van der Waals surface area contributed by atoms with Gasteiger partial charge in [0, 0.05) is 11.3 Å². The summed E-state index contributed by atoms with van der Waals surface area (Å²) in [6.45, 7) is 0.161. The number of hydrogen-bond donors (Lipinski definition) is 3. The van der Waals surface area contributed by atoms with Crippen LogP contribution in [0.3, 0.4) is 0 Å². The molecule has 0 saturated heterocycles. The first kappa shape index (κ1) is 23.8. The molecule has 3 aromatic rings. The topological polar surface area (TPSA) is 118 Å². The number of carboxylic acids is 1. The normalized spacial score (nSPS) is 13.0. The summed E-state index contributed by atoms with van der Waals surface area (Å²) in [5.41, 5.74) is 4.53. The number of nitrogens with one attached hydrogen (secondary N) is 2. The van der Waals surface area contributed by atoms with Crippen molar-refractivity contribution in [3.8, 4) is 11.1 Å². The molecule has 3 N–H and O–H groups in total. The van der Waals surface area contributed by atoms with Crippen molar-refractivity contribution in [3.63, 3.8) is 0 Å². The van der Waals surface area contributed by atoms with Crippen LogP contribution in [0, 0.1) is 0 Å². The average molecular weight is 498 g/mol. The van der Waals surface area contributed by atoms with Crippen molar-refractivity contribution < 1.29 is 24.2 Å². The number of aliphatic carboxylic acids is 1. The summed E-state index contributed by atoms with van der Waals surface area (Å²) in [5, 5.41) is 15.9. The zero-order chi connectivity index (χ0) is 24.1. The van der Waals surface area contributed by atoms with Crippen molar-refractivity contribution in [2.24, 2.45) is 0 Å². The predicted octanol–water partition coefficient (Wildman–Crippen LogP) is 4.44. The monoisotopic (exact) mass is 497 g/mol. The molecular formula is C24H23N3O5S2. The highest BCUT2D eigenvalue weighted by molar-refractivity contribution is 7.98. The van der Waals surface area contributed by atoms with Gasteiger partial charge in [0.1, 0.15) is 18.3 Å². The summed E-state index contributed by atoms with van der Waals surface area (Å²) in [4.78, 5) is 40.2. The van der Waals surface area contributed by atoms with E-state index in [9.17, 15) is 19.5 Å². The fourth-order valence-corrected chi connectivity index (χ4v) is 5.03. The SMILES string of the molecule is CSCC[C@H](NC(=O)c1csc(NC(=O)OCC2c3ccccc3-c3ccccc32)n1)C(=O)O. The van der Waals surface area contributed by atoms with E-state index in [1.807, 2.05) is 42.7 Å². The number of rotatable bonds is 9. The number of carbonyl (C=O) groups is 3. The van der Waals surface area contributed by atoms with Gasteiger partial charge >= 0.3 is 12.1 Å². The highest BCUT2D eigenvalue weighted by Crippen LogP contribution is 2.44. The van der Waals surface area contributed by atoms with Gasteiger partial charge in [0.25, 0.3) is 5.91 Å². The van der Waals surface area contributed by atoms with Crippen molar-refractivity contribution in [1.82, 2.24) is 10.3 Å². The lowest BCUT2D eigenvalue weighted by Gasteiger charge is -2.14. The maximum Gasteiger partial charge on any atom is 0.413 e. The quantitative estimate of drug-likeness (QED) is 0.400. The smallest absolute Gasteiger partial charge is 0.413 e. The van der Waals surface area contributed by atoms with Gasteiger partial charge in [-0.05, 0) is 40.7 Å². The molecule has 0 saturated carbocycles. The summed E-state index contributed by atoms with van der Waals surface area (Å²) < 4.78 is 5.49. The first-order valence-electron chi connectivity index (χ1n) is 10.6. The van der Waals surface area contributed by atoms with E-state index in [1.165, 1.54) is 17.1 Å². The van der Waals surface area contributed by atoms with E-state index in [1.54, 1.807) is 0 Å². The second-order valence-corrected chi connectivity index (χ2v) is 9.48. The van der Waals surface area contributed by atoms with Crippen LogP contribution in [-0.4, -0.2) is 52.7 Å². The number of aromatic nitrogens is 1. The van der Waals surface area contributed by atoms with Gasteiger partial charge in [-0.25, -0.2) is 14.6 Å². The minimum atomic E-state index is -1.10. The third kappa shape index (κ3) is 5.23. The lowest BCUT2D eigenvalue weighted by atomic mass is 9.98. The lowest BCUT2D eigenvalue weighted by Crippen LogP contribution is -2.41. The van der Waals surface area contributed by atoms with Gasteiger partial charge in [0.05, 0.1) is 0 Å². The number of nitrogens with zero attached hydrogens (tertiary/aromatic N) is 1. The molecule has 0 aliphatic heterocycles. The highest BCUT2D eigenvalue weighted by Gasteiger charge is 2.29. The lowest BCUT2D eigenvalue weighted by molar-refractivity contribution is -0.139. The fourth-order valence-electron chi connectivity index (χ4n) is 3.88. The molecule has 34 heavy (non-hydrogen) atoms. The van der Waals surface area contributed by atoms with Crippen LogP contribution >= 0.6 is 23.1 Å². The Kier molecular flexibility index (Phi) is 7.49. The van der Waals surface area contributed by atoms with Crippen LogP contribution in [0.15, 0.2) is 53.9 Å². The number of anilines is 1. The first-order chi connectivity index (χ1) is 16.5. The predicted molar refractivity (Wildman–Crippen MR) is 133 cm³/mol. The van der Waals surface area contributed by atoms with Gasteiger partial charge in [0.15, 0.2) is 5.13 Å². The molecule has 10 heteroatoms. The molecule has 1 atom stereocenters.